The summed E-state index contributed by atoms with van der Waals surface area (Å²) in [6.07, 6.45) is 2.16. The molecule has 0 saturated carbocycles. The SMILES string of the molecule is Cc1ccc2nc(N3CCC[C@@H](c4cc(=O)[nH]c(C)n4)C3)sc2c1. The van der Waals surface area contributed by atoms with E-state index < -0.39 is 0 Å². The molecule has 1 aromatic carbocycles. The molecule has 3 aromatic rings. The molecule has 1 aliphatic heterocycles. The van der Waals surface area contributed by atoms with Crippen molar-refractivity contribution < 1.29 is 0 Å². The lowest BCUT2D eigenvalue weighted by Gasteiger charge is -2.32. The molecule has 0 spiro atoms. The Labute approximate surface area is 144 Å². The van der Waals surface area contributed by atoms with E-state index in [9.17, 15) is 4.79 Å². The molecule has 3 heterocycles. The molecule has 6 heteroatoms. The number of anilines is 1. The summed E-state index contributed by atoms with van der Waals surface area (Å²) in [7, 11) is 0. The standard InChI is InChI=1S/C18H20N4OS/c1-11-5-6-14-16(8-11)24-18(21-14)22-7-3-4-13(10-22)15-9-17(23)20-12(2)19-15/h5-6,8-9,13H,3-4,7,10H2,1-2H3,(H,19,20,23)/t13-/m1/s1. The monoisotopic (exact) mass is 340 g/mol. The van der Waals surface area contributed by atoms with Crippen molar-refractivity contribution in [2.75, 3.05) is 18.0 Å². The molecule has 5 nitrogen and oxygen atoms in total. The molecule has 4 rings (SSSR count). The highest BCUT2D eigenvalue weighted by Crippen LogP contribution is 2.34. The van der Waals surface area contributed by atoms with Crippen LogP contribution in [0.1, 0.15) is 35.8 Å². The van der Waals surface area contributed by atoms with Gasteiger partial charge >= 0.3 is 0 Å². The number of hydrogen-bond acceptors (Lipinski definition) is 5. The number of nitrogens with one attached hydrogen (secondary N) is 1. The second-order valence-corrected chi connectivity index (χ2v) is 7.52. The van der Waals surface area contributed by atoms with Crippen LogP contribution in [0.15, 0.2) is 29.1 Å². The van der Waals surface area contributed by atoms with Gasteiger partial charge in [0.25, 0.3) is 5.56 Å². The molecule has 1 aliphatic rings. The molecule has 24 heavy (non-hydrogen) atoms. The topological polar surface area (TPSA) is 61.9 Å². The Morgan fingerprint density at radius 2 is 2.12 bits per heavy atom. The maximum Gasteiger partial charge on any atom is 0.251 e. The molecular formula is C18H20N4OS. The lowest BCUT2D eigenvalue weighted by Crippen LogP contribution is -2.35. The van der Waals surface area contributed by atoms with E-state index in [2.05, 4.69) is 40.0 Å². The number of thiazole rings is 1. The van der Waals surface area contributed by atoms with Crippen LogP contribution >= 0.6 is 11.3 Å². The van der Waals surface area contributed by atoms with E-state index in [1.165, 1.54) is 10.3 Å². The van der Waals surface area contributed by atoms with Gasteiger partial charge in [0.15, 0.2) is 5.13 Å². The molecular weight excluding hydrogens is 320 g/mol. The van der Waals surface area contributed by atoms with Gasteiger partial charge in [-0.1, -0.05) is 17.4 Å². The van der Waals surface area contributed by atoms with E-state index >= 15 is 0 Å². The summed E-state index contributed by atoms with van der Waals surface area (Å²) >= 11 is 1.75. The third-order valence-electron chi connectivity index (χ3n) is 4.52. The summed E-state index contributed by atoms with van der Waals surface area (Å²) in [5.41, 5.74) is 3.16. The fraction of sp³-hybridized carbons (Fsp3) is 0.389. The number of rotatable bonds is 2. The zero-order valence-corrected chi connectivity index (χ0v) is 14.7. The number of nitrogens with zero attached hydrogens (tertiary/aromatic N) is 3. The van der Waals surface area contributed by atoms with E-state index in [1.54, 1.807) is 17.4 Å². The van der Waals surface area contributed by atoms with Crippen LogP contribution in [0.4, 0.5) is 5.13 Å². The third kappa shape index (κ3) is 2.94. The molecule has 1 fully saturated rings. The van der Waals surface area contributed by atoms with Crippen LogP contribution in [0.2, 0.25) is 0 Å². The first-order valence-electron chi connectivity index (χ1n) is 8.28. The number of aromatic amines is 1. The summed E-state index contributed by atoms with van der Waals surface area (Å²) in [5, 5.41) is 1.07. The number of H-pyrrole nitrogens is 1. The Kier molecular flexibility index (Phi) is 3.84. The van der Waals surface area contributed by atoms with Gasteiger partial charge in [0, 0.05) is 25.1 Å². The van der Waals surface area contributed by atoms with Crippen LogP contribution in [0.3, 0.4) is 0 Å². The van der Waals surface area contributed by atoms with Crippen molar-refractivity contribution in [2.24, 2.45) is 0 Å². The summed E-state index contributed by atoms with van der Waals surface area (Å²) in [5.74, 6) is 0.971. The number of piperidine rings is 1. The minimum atomic E-state index is -0.0647. The van der Waals surface area contributed by atoms with Crippen LogP contribution in [0.5, 0.6) is 0 Å². The third-order valence-corrected chi connectivity index (χ3v) is 5.60. The zero-order valence-electron chi connectivity index (χ0n) is 13.9. The largest absolute Gasteiger partial charge is 0.347 e. The highest BCUT2D eigenvalue weighted by Gasteiger charge is 2.25. The number of fused-ring (bicyclic) bond motifs is 1. The fourth-order valence-electron chi connectivity index (χ4n) is 3.36. The Morgan fingerprint density at radius 1 is 1.25 bits per heavy atom. The summed E-state index contributed by atoms with van der Waals surface area (Å²) in [6, 6.07) is 8.03. The smallest absolute Gasteiger partial charge is 0.251 e. The molecule has 1 N–H and O–H groups in total. The second kappa shape index (κ2) is 6.02. The number of hydrogen-bond donors (Lipinski definition) is 1. The number of aryl methyl sites for hydroxylation is 2. The van der Waals surface area contributed by atoms with E-state index in [1.807, 2.05) is 6.92 Å². The van der Waals surface area contributed by atoms with Gasteiger partial charge in [-0.05, 0) is 44.4 Å². The Balaban J connectivity index is 1.62. The second-order valence-electron chi connectivity index (χ2n) is 6.51. The maximum absolute atomic E-state index is 11.7. The van der Waals surface area contributed by atoms with Gasteiger partial charge in [0.2, 0.25) is 0 Å². The van der Waals surface area contributed by atoms with Crippen molar-refractivity contribution in [3.63, 3.8) is 0 Å². The minimum Gasteiger partial charge on any atom is -0.347 e. The molecule has 0 unspecified atom stereocenters. The van der Waals surface area contributed by atoms with Crippen molar-refractivity contribution in [3.05, 3.63) is 51.7 Å². The molecule has 2 aromatic heterocycles. The van der Waals surface area contributed by atoms with Crippen molar-refractivity contribution in [1.82, 2.24) is 15.0 Å². The Hall–Kier alpha value is -2.21. The summed E-state index contributed by atoms with van der Waals surface area (Å²) < 4.78 is 1.23. The lowest BCUT2D eigenvalue weighted by molar-refractivity contribution is 0.499. The normalized spacial score (nSPS) is 18.2. The van der Waals surface area contributed by atoms with Gasteiger partial charge in [0.1, 0.15) is 5.82 Å². The zero-order chi connectivity index (χ0) is 16.7. The molecule has 124 valence electrons. The van der Waals surface area contributed by atoms with Crippen molar-refractivity contribution in [2.45, 2.75) is 32.6 Å². The van der Waals surface area contributed by atoms with Gasteiger partial charge in [-0.2, -0.15) is 0 Å². The van der Waals surface area contributed by atoms with Crippen LogP contribution in [-0.4, -0.2) is 28.0 Å². The van der Waals surface area contributed by atoms with Crippen LogP contribution < -0.4 is 10.5 Å². The summed E-state index contributed by atoms with van der Waals surface area (Å²) in [4.78, 5) is 26.1. The van der Waals surface area contributed by atoms with Crippen molar-refractivity contribution >= 4 is 26.7 Å². The number of aromatic nitrogens is 3. The minimum absolute atomic E-state index is 0.0647. The fourth-order valence-corrected chi connectivity index (χ4v) is 4.46. The molecule has 1 atom stereocenters. The Morgan fingerprint density at radius 3 is 2.96 bits per heavy atom. The van der Waals surface area contributed by atoms with Gasteiger partial charge in [-0.25, -0.2) is 9.97 Å². The highest BCUT2D eigenvalue weighted by molar-refractivity contribution is 7.22. The first-order valence-corrected chi connectivity index (χ1v) is 9.10. The van der Waals surface area contributed by atoms with E-state index in [0.717, 1.165) is 42.3 Å². The first kappa shape index (κ1) is 15.3. The van der Waals surface area contributed by atoms with Gasteiger partial charge < -0.3 is 9.88 Å². The van der Waals surface area contributed by atoms with E-state index in [-0.39, 0.29) is 11.5 Å². The van der Waals surface area contributed by atoms with E-state index in [4.69, 9.17) is 4.98 Å². The first-order chi connectivity index (χ1) is 11.6. The van der Waals surface area contributed by atoms with Crippen LogP contribution in [0.25, 0.3) is 10.2 Å². The average Bonchev–Trinajstić information content (AvgIpc) is 2.97. The van der Waals surface area contributed by atoms with Gasteiger partial charge in [-0.15, -0.1) is 0 Å². The molecule has 0 radical (unpaired) electrons. The van der Waals surface area contributed by atoms with Crippen molar-refractivity contribution in [3.8, 4) is 0 Å². The van der Waals surface area contributed by atoms with Gasteiger partial charge in [0.05, 0.1) is 15.9 Å². The number of benzene rings is 1. The summed E-state index contributed by atoms with van der Waals surface area (Å²) in [6.45, 7) is 5.82. The molecule has 0 aliphatic carbocycles. The average molecular weight is 340 g/mol. The quantitative estimate of drug-likeness (QED) is 0.777. The lowest BCUT2D eigenvalue weighted by atomic mass is 9.95. The molecule has 0 amide bonds. The van der Waals surface area contributed by atoms with Crippen LogP contribution in [0, 0.1) is 13.8 Å². The molecule has 0 bridgehead atoms. The highest BCUT2D eigenvalue weighted by atomic mass is 32.1. The van der Waals surface area contributed by atoms with Crippen molar-refractivity contribution in [1.29, 1.82) is 0 Å². The Bertz CT molecular complexity index is 946. The predicted octanol–water partition coefficient (Wildman–Crippen LogP) is 3.38. The maximum atomic E-state index is 11.7. The predicted molar refractivity (Wildman–Crippen MR) is 98.1 cm³/mol. The van der Waals surface area contributed by atoms with Gasteiger partial charge in [-0.3, -0.25) is 4.79 Å². The molecule has 1 saturated heterocycles. The van der Waals surface area contributed by atoms with E-state index in [0.29, 0.717) is 5.82 Å². The van der Waals surface area contributed by atoms with Crippen LogP contribution in [-0.2, 0) is 0 Å².